The van der Waals surface area contributed by atoms with E-state index in [4.69, 9.17) is 0 Å². The van der Waals surface area contributed by atoms with Crippen molar-refractivity contribution in [1.82, 2.24) is 30.4 Å². The van der Waals surface area contributed by atoms with Gasteiger partial charge in [0.25, 0.3) is 0 Å². The molecule has 1 saturated carbocycles. The predicted octanol–water partition coefficient (Wildman–Crippen LogP) is 2.92. The van der Waals surface area contributed by atoms with Gasteiger partial charge in [0, 0.05) is 6.42 Å². The Morgan fingerprint density at radius 2 is 1.91 bits per heavy atom. The van der Waals surface area contributed by atoms with E-state index in [0.717, 1.165) is 24.8 Å². The third-order valence-corrected chi connectivity index (χ3v) is 6.88. The molecule has 1 saturated heterocycles. The fraction of sp³-hybridized carbons (Fsp3) is 0.400. The summed E-state index contributed by atoms with van der Waals surface area (Å²) in [6, 6.07) is 12.7. The number of hydrogen-bond donors (Lipinski definition) is 1. The first-order valence-electron chi connectivity index (χ1n) is 11.8. The van der Waals surface area contributed by atoms with Crippen molar-refractivity contribution in [3.05, 3.63) is 77.4 Å². The van der Waals surface area contributed by atoms with Crippen LogP contribution in [0.3, 0.4) is 0 Å². The Labute approximate surface area is 201 Å². The highest BCUT2D eigenvalue weighted by atomic mass is 19.1. The Bertz CT molecular complexity index is 1190. The number of rotatable bonds is 7. The SMILES string of the molecule is O=C(NC(c1ccccc1)c1ccc(C2CCC2)c(F)c1)[C@@H]1C[C@@H](F)CN1C(=O)Cn1cnnn1. The Morgan fingerprint density at radius 1 is 1.11 bits per heavy atom. The van der Waals surface area contributed by atoms with E-state index < -0.39 is 30.1 Å². The second kappa shape index (κ2) is 9.89. The quantitative estimate of drug-likeness (QED) is 0.561. The normalized spacial score (nSPS) is 20.9. The van der Waals surface area contributed by atoms with Gasteiger partial charge in [-0.25, -0.2) is 13.5 Å². The highest BCUT2D eigenvalue weighted by Gasteiger charge is 2.40. The summed E-state index contributed by atoms with van der Waals surface area (Å²) in [5, 5.41) is 13.6. The second-order valence-electron chi connectivity index (χ2n) is 9.16. The van der Waals surface area contributed by atoms with E-state index in [1.807, 2.05) is 36.4 Å². The fourth-order valence-corrected chi connectivity index (χ4v) is 4.81. The molecule has 5 rings (SSSR count). The molecule has 1 aliphatic carbocycles. The molecule has 2 fully saturated rings. The highest BCUT2D eigenvalue weighted by molar-refractivity contribution is 5.88. The predicted molar refractivity (Wildman–Crippen MR) is 122 cm³/mol. The van der Waals surface area contributed by atoms with Gasteiger partial charge in [0.2, 0.25) is 11.8 Å². The zero-order chi connectivity index (χ0) is 24.4. The maximum atomic E-state index is 15.0. The average molecular weight is 481 g/mol. The molecule has 182 valence electrons. The minimum atomic E-state index is -1.32. The van der Waals surface area contributed by atoms with Crippen LogP contribution in [0, 0.1) is 5.82 Å². The fourth-order valence-electron chi connectivity index (χ4n) is 4.81. The molecule has 0 bridgehead atoms. The van der Waals surface area contributed by atoms with Crippen LogP contribution in [-0.4, -0.2) is 55.7 Å². The number of carbonyl (C=O) groups is 2. The lowest BCUT2D eigenvalue weighted by molar-refractivity contribution is -0.139. The zero-order valence-electron chi connectivity index (χ0n) is 19.1. The number of aromatic nitrogens is 4. The Balaban J connectivity index is 1.38. The molecule has 1 unspecified atom stereocenters. The van der Waals surface area contributed by atoms with Gasteiger partial charge >= 0.3 is 0 Å². The van der Waals surface area contributed by atoms with E-state index in [9.17, 15) is 14.0 Å². The van der Waals surface area contributed by atoms with E-state index in [1.165, 1.54) is 22.0 Å². The number of halogens is 2. The molecule has 3 atom stereocenters. The van der Waals surface area contributed by atoms with Crippen LogP contribution in [0.15, 0.2) is 54.9 Å². The van der Waals surface area contributed by atoms with Gasteiger partial charge < -0.3 is 10.2 Å². The first-order valence-corrected chi connectivity index (χ1v) is 11.8. The third-order valence-electron chi connectivity index (χ3n) is 6.88. The summed E-state index contributed by atoms with van der Waals surface area (Å²) in [6.45, 7) is -0.376. The smallest absolute Gasteiger partial charge is 0.245 e. The van der Waals surface area contributed by atoms with Crippen molar-refractivity contribution >= 4 is 11.8 Å². The van der Waals surface area contributed by atoms with Crippen molar-refractivity contribution in [2.45, 2.75) is 56.4 Å². The molecule has 1 aromatic heterocycles. The van der Waals surface area contributed by atoms with Crippen LogP contribution >= 0.6 is 0 Å². The number of hydrogen-bond acceptors (Lipinski definition) is 5. The molecular formula is C25H26F2N6O2. The molecule has 35 heavy (non-hydrogen) atoms. The van der Waals surface area contributed by atoms with Crippen LogP contribution in [0.1, 0.15) is 54.3 Å². The standard InChI is InChI=1S/C25H26F2N6O2/c26-19-12-22(33(13-19)23(34)14-32-15-28-30-31-32)25(35)29-24(17-5-2-1-3-6-17)18-9-10-20(21(27)11-18)16-7-4-8-16/h1-3,5-6,9-11,15-16,19,22,24H,4,7-8,12-14H2,(H,29,35)/t19-,22+,24?/m1/s1. The van der Waals surface area contributed by atoms with E-state index >= 15 is 4.39 Å². The van der Waals surface area contributed by atoms with Crippen molar-refractivity contribution in [3.63, 3.8) is 0 Å². The molecule has 0 radical (unpaired) electrons. The summed E-state index contributed by atoms with van der Waals surface area (Å²) in [5.74, 6) is -0.990. The van der Waals surface area contributed by atoms with Crippen molar-refractivity contribution in [2.75, 3.05) is 6.54 Å². The lowest BCUT2D eigenvalue weighted by Crippen LogP contribution is -2.48. The topological polar surface area (TPSA) is 93.0 Å². The Kier molecular flexibility index (Phi) is 6.52. The summed E-state index contributed by atoms with van der Waals surface area (Å²) in [5.41, 5.74) is 2.05. The number of carbonyl (C=O) groups excluding carboxylic acids is 2. The van der Waals surface area contributed by atoms with E-state index in [0.29, 0.717) is 11.1 Å². The average Bonchev–Trinajstić information content (AvgIpc) is 3.47. The molecule has 3 aromatic rings. The van der Waals surface area contributed by atoms with Crippen LogP contribution in [0.4, 0.5) is 8.78 Å². The molecule has 2 aliphatic rings. The number of alkyl halides is 1. The third kappa shape index (κ3) is 4.91. The van der Waals surface area contributed by atoms with Gasteiger partial charge in [-0.05, 0) is 51.9 Å². The van der Waals surface area contributed by atoms with Gasteiger partial charge in [-0.3, -0.25) is 9.59 Å². The van der Waals surface area contributed by atoms with E-state index in [2.05, 4.69) is 20.8 Å². The maximum absolute atomic E-state index is 15.0. The Hall–Kier alpha value is -3.69. The van der Waals surface area contributed by atoms with Crippen molar-refractivity contribution < 1.29 is 18.4 Å². The lowest BCUT2D eigenvalue weighted by atomic mass is 9.79. The molecular weight excluding hydrogens is 454 g/mol. The van der Waals surface area contributed by atoms with Crippen molar-refractivity contribution in [2.24, 2.45) is 0 Å². The number of nitrogens with zero attached hydrogens (tertiary/aromatic N) is 5. The van der Waals surface area contributed by atoms with Crippen molar-refractivity contribution in [1.29, 1.82) is 0 Å². The van der Waals surface area contributed by atoms with E-state index in [-0.39, 0.29) is 31.2 Å². The second-order valence-corrected chi connectivity index (χ2v) is 9.16. The van der Waals surface area contributed by atoms with Crippen LogP contribution in [0.5, 0.6) is 0 Å². The van der Waals surface area contributed by atoms with E-state index in [1.54, 1.807) is 6.07 Å². The monoisotopic (exact) mass is 480 g/mol. The summed E-state index contributed by atoms with van der Waals surface area (Å²) in [6.07, 6.45) is 2.92. The maximum Gasteiger partial charge on any atom is 0.245 e. The molecule has 2 aromatic carbocycles. The summed E-state index contributed by atoms with van der Waals surface area (Å²) >= 11 is 0. The highest BCUT2D eigenvalue weighted by Crippen LogP contribution is 2.38. The molecule has 1 N–H and O–H groups in total. The largest absolute Gasteiger partial charge is 0.343 e. The molecule has 2 amide bonds. The molecule has 1 aliphatic heterocycles. The molecule has 10 heteroatoms. The number of benzene rings is 2. The minimum absolute atomic E-state index is 0.107. The van der Waals surface area contributed by atoms with Crippen molar-refractivity contribution in [3.8, 4) is 0 Å². The lowest BCUT2D eigenvalue weighted by Gasteiger charge is -2.28. The van der Waals surface area contributed by atoms with Gasteiger partial charge in [0.1, 0.15) is 30.9 Å². The molecule has 2 heterocycles. The Morgan fingerprint density at radius 3 is 2.57 bits per heavy atom. The summed E-state index contributed by atoms with van der Waals surface area (Å²) < 4.78 is 30.6. The van der Waals surface area contributed by atoms with Gasteiger partial charge in [-0.15, -0.1) is 5.10 Å². The molecule has 0 spiro atoms. The first-order chi connectivity index (χ1) is 17.0. The zero-order valence-corrected chi connectivity index (χ0v) is 19.1. The van der Waals surface area contributed by atoms with Gasteiger partial charge in [0.15, 0.2) is 0 Å². The summed E-state index contributed by atoms with van der Waals surface area (Å²) in [4.78, 5) is 27.4. The summed E-state index contributed by atoms with van der Waals surface area (Å²) in [7, 11) is 0. The van der Waals surface area contributed by atoms with Crippen LogP contribution in [0.25, 0.3) is 0 Å². The van der Waals surface area contributed by atoms with Crippen LogP contribution < -0.4 is 5.32 Å². The van der Waals surface area contributed by atoms with Gasteiger partial charge in [0.05, 0.1) is 12.6 Å². The van der Waals surface area contributed by atoms with Crippen LogP contribution in [-0.2, 0) is 16.1 Å². The first kappa shape index (κ1) is 23.1. The molecule has 8 nitrogen and oxygen atoms in total. The number of nitrogens with one attached hydrogen (secondary N) is 1. The number of amides is 2. The van der Waals surface area contributed by atoms with Gasteiger partial charge in [-0.2, -0.15) is 0 Å². The number of tetrazole rings is 1. The van der Waals surface area contributed by atoms with Crippen LogP contribution in [0.2, 0.25) is 0 Å². The minimum Gasteiger partial charge on any atom is -0.343 e. The number of likely N-dealkylation sites (tertiary alicyclic amines) is 1. The van der Waals surface area contributed by atoms with Gasteiger partial charge in [-0.1, -0.05) is 48.9 Å².